The summed E-state index contributed by atoms with van der Waals surface area (Å²) >= 11 is 0. The van der Waals surface area contributed by atoms with E-state index in [4.69, 9.17) is 5.73 Å². The Morgan fingerprint density at radius 2 is 2.44 bits per heavy atom. The van der Waals surface area contributed by atoms with E-state index in [-0.39, 0.29) is 11.9 Å². The minimum atomic E-state index is 0.0238. The lowest BCUT2D eigenvalue weighted by atomic mass is 10.1. The van der Waals surface area contributed by atoms with Crippen molar-refractivity contribution >= 4 is 5.91 Å². The number of carbonyl (C=O) groups is 1. The van der Waals surface area contributed by atoms with Gasteiger partial charge in [0.15, 0.2) is 0 Å². The molecule has 1 rings (SSSR count). The topological polar surface area (TPSA) is 55.1 Å². The normalized spacial score (nSPS) is 17.0. The van der Waals surface area contributed by atoms with Crippen LogP contribution in [0.25, 0.3) is 0 Å². The summed E-state index contributed by atoms with van der Waals surface area (Å²) < 4.78 is 0. The smallest absolute Gasteiger partial charge is 0.221 e. The molecule has 0 aromatic heterocycles. The summed E-state index contributed by atoms with van der Waals surface area (Å²) in [6.07, 6.45) is 9.46. The maximum absolute atomic E-state index is 11.5. The molecule has 0 saturated carbocycles. The SMILES string of the molecule is CCCC(N)CC(=O)NCCC1=CCCC1. The third-order valence-electron chi connectivity index (χ3n) is 3.01. The van der Waals surface area contributed by atoms with Crippen LogP contribution < -0.4 is 11.1 Å². The van der Waals surface area contributed by atoms with Crippen molar-refractivity contribution < 1.29 is 4.79 Å². The summed E-state index contributed by atoms with van der Waals surface area (Å²) in [4.78, 5) is 11.5. The zero-order chi connectivity index (χ0) is 11.8. The molecule has 0 fully saturated rings. The first-order chi connectivity index (χ1) is 7.72. The number of hydrogen-bond donors (Lipinski definition) is 2. The van der Waals surface area contributed by atoms with Gasteiger partial charge >= 0.3 is 0 Å². The number of nitrogens with one attached hydrogen (secondary N) is 1. The summed E-state index contributed by atoms with van der Waals surface area (Å²) in [6, 6.07) is 0.0238. The third-order valence-corrected chi connectivity index (χ3v) is 3.01. The highest BCUT2D eigenvalue weighted by Gasteiger charge is 2.09. The fourth-order valence-electron chi connectivity index (χ4n) is 2.11. The van der Waals surface area contributed by atoms with Gasteiger partial charge in [-0.05, 0) is 32.1 Å². The molecule has 16 heavy (non-hydrogen) atoms. The lowest BCUT2D eigenvalue weighted by Gasteiger charge is -2.10. The van der Waals surface area contributed by atoms with E-state index in [0.29, 0.717) is 6.42 Å². The van der Waals surface area contributed by atoms with Gasteiger partial charge in [0.05, 0.1) is 0 Å². The summed E-state index contributed by atoms with van der Waals surface area (Å²) in [6.45, 7) is 2.86. The van der Waals surface area contributed by atoms with Gasteiger partial charge in [-0.1, -0.05) is 25.0 Å². The Balaban J connectivity index is 2.05. The van der Waals surface area contributed by atoms with Crippen molar-refractivity contribution in [2.24, 2.45) is 5.73 Å². The largest absolute Gasteiger partial charge is 0.356 e. The van der Waals surface area contributed by atoms with Crippen LogP contribution in [0.15, 0.2) is 11.6 Å². The Bertz CT molecular complexity index is 248. The Kier molecular flexibility index (Phi) is 6.16. The van der Waals surface area contributed by atoms with Crippen LogP contribution >= 0.6 is 0 Å². The quantitative estimate of drug-likeness (QED) is 0.651. The van der Waals surface area contributed by atoms with Crippen LogP contribution in [0.2, 0.25) is 0 Å². The maximum Gasteiger partial charge on any atom is 0.221 e. The van der Waals surface area contributed by atoms with Crippen LogP contribution in [0.4, 0.5) is 0 Å². The van der Waals surface area contributed by atoms with Crippen molar-refractivity contribution in [2.45, 2.75) is 57.9 Å². The zero-order valence-electron chi connectivity index (χ0n) is 10.3. The fourth-order valence-corrected chi connectivity index (χ4v) is 2.11. The van der Waals surface area contributed by atoms with Gasteiger partial charge in [-0.2, -0.15) is 0 Å². The second-order valence-electron chi connectivity index (χ2n) is 4.61. The number of allylic oxidation sites excluding steroid dienone is 1. The highest BCUT2D eigenvalue weighted by Crippen LogP contribution is 2.19. The van der Waals surface area contributed by atoms with Crippen molar-refractivity contribution in [3.63, 3.8) is 0 Å². The van der Waals surface area contributed by atoms with Gasteiger partial charge < -0.3 is 11.1 Å². The van der Waals surface area contributed by atoms with Crippen LogP contribution in [0.5, 0.6) is 0 Å². The first-order valence-electron chi connectivity index (χ1n) is 6.42. The highest BCUT2D eigenvalue weighted by molar-refractivity contribution is 5.76. The van der Waals surface area contributed by atoms with Gasteiger partial charge in [-0.3, -0.25) is 4.79 Å². The molecular weight excluding hydrogens is 200 g/mol. The molecule has 0 heterocycles. The molecule has 3 nitrogen and oxygen atoms in total. The Morgan fingerprint density at radius 1 is 1.62 bits per heavy atom. The summed E-state index contributed by atoms with van der Waals surface area (Å²) in [5, 5.41) is 2.94. The molecule has 0 aromatic carbocycles. The van der Waals surface area contributed by atoms with Gasteiger partial charge in [-0.25, -0.2) is 0 Å². The van der Waals surface area contributed by atoms with Gasteiger partial charge in [0.2, 0.25) is 5.91 Å². The van der Waals surface area contributed by atoms with E-state index < -0.39 is 0 Å². The van der Waals surface area contributed by atoms with Crippen LogP contribution in [0.3, 0.4) is 0 Å². The van der Waals surface area contributed by atoms with E-state index in [2.05, 4.69) is 18.3 Å². The monoisotopic (exact) mass is 224 g/mol. The average molecular weight is 224 g/mol. The molecule has 3 heteroatoms. The zero-order valence-corrected chi connectivity index (χ0v) is 10.3. The Morgan fingerprint density at radius 3 is 3.06 bits per heavy atom. The number of hydrogen-bond acceptors (Lipinski definition) is 2. The number of nitrogens with two attached hydrogens (primary N) is 1. The number of carbonyl (C=O) groups excluding carboxylic acids is 1. The minimum absolute atomic E-state index is 0.0238. The summed E-state index contributed by atoms with van der Waals surface area (Å²) in [5.74, 6) is 0.0968. The van der Waals surface area contributed by atoms with E-state index in [1.807, 2.05) is 0 Å². The molecule has 0 spiro atoms. The second-order valence-corrected chi connectivity index (χ2v) is 4.61. The molecule has 1 aliphatic rings. The molecule has 0 bridgehead atoms. The van der Waals surface area contributed by atoms with Gasteiger partial charge in [0.25, 0.3) is 0 Å². The third kappa shape index (κ3) is 5.31. The Hall–Kier alpha value is -0.830. The van der Waals surface area contributed by atoms with E-state index in [1.54, 1.807) is 0 Å². The summed E-state index contributed by atoms with van der Waals surface area (Å²) in [5.41, 5.74) is 7.31. The van der Waals surface area contributed by atoms with Crippen molar-refractivity contribution in [3.8, 4) is 0 Å². The molecular formula is C13H24N2O. The average Bonchev–Trinajstić information content (AvgIpc) is 2.70. The number of rotatable bonds is 7. The molecule has 3 N–H and O–H groups in total. The molecule has 0 saturated heterocycles. The first-order valence-corrected chi connectivity index (χ1v) is 6.42. The molecule has 0 aliphatic heterocycles. The molecule has 1 unspecified atom stereocenters. The van der Waals surface area contributed by atoms with Crippen LogP contribution in [-0.4, -0.2) is 18.5 Å². The number of amides is 1. The van der Waals surface area contributed by atoms with Crippen molar-refractivity contribution in [3.05, 3.63) is 11.6 Å². The summed E-state index contributed by atoms with van der Waals surface area (Å²) in [7, 11) is 0. The molecule has 1 aliphatic carbocycles. The fraction of sp³-hybridized carbons (Fsp3) is 0.769. The standard InChI is InChI=1S/C13H24N2O/c1-2-5-12(14)10-13(16)15-9-8-11-6-3-4-7-11/h6,12H,2-5,7-10,14H2,1H3,(H,15,16). The van der Waals surface area contributed by atoms with Crippen molar-refractivity contribution in [1.29, 1.82) is 0 Å². The second kappa shape index (κ2) is 7.44. The van der Waals surface area contributed by atoms with Crippen molar-refractivity contribution in [1.82, 2.24) is 5.32 Å². The van der Waals surface area contributed by atoms with Gasteiger partial charge in [0.1, 0.15) is 0 Å². The van der Waals surface area contributed by atoms with Crippen LogP contribution in [0.1, 0.15) is 51.9 Å². The maximum atomic E-state index is 11.5. The Labute approximate surface area is 98.5 Å². The van der Waals surface area contributed by atoms with Crippen LogP contribution in [0, 0.1) is 0 Å². The lowest BCUT2D eigenvalue weighted by Crippen LogP contribution is -2.32. The highest BCUT2D eigenvalue weighted by atomic mass is 16.1. The molecule has 0 radical (unpaired) electrons. The van der Waals surface area contributed by atoms with E-state index >= 15 is 0 Å². The molecule has 1 amide bonds. The predicted octanol–water partition coefficient (Wildman–Crippen LogP) is 2.12. The van der Waals surface area contributed by atoms with Crippen LogP contribution in [-0.2, 0) is 4.79 Å². The van der Waals surface area contributed by atoms with Crippen molar-refractivity contribution in [2.75, 3.05) is 6.54 Å². The van der Waals surface area contributed by atoms with E-state index in [9.17, 15) is 4.79 Å². The molecule has 1 atom stereocenters. The first kappa shape index (κ1) is 13.2. The predicted molar refractivity (Wildman–Crippen MR) is 67.1 cm³/mol. The van der Waals surface area contributed by atoms with Gasteiger partial charge in [-0.15, -0.1) is 0 Å². The molecule has 92 valence electrons. The lowest BCUT2D eigenvalue weighted by molar-refractivity contribution is -0.121. The van der Waals surface area contributed by atoms with Gasteiger partial charge in [0, 0.05) is 19.0 Å². The van der Waals surface area contributed by atoms with E-state index in [0.717, 1.165) is 25.8 Å². The van der Waals surface area contributed by atoms with E-state index in [1.165, 1.54) is 24.8 Å². The molecule has 0 aromatic rings. The minimum Gasteiger partial charge on any atom is -0.356 e.